The lowest BCUT2D eigenvalue weighted by Crippen LogP contribution is -2.11. The molecule has 1 aromatic heterocycles. The molecule has 0 saturated heterocycles. The van der Waals surface area contributed by atoms with E-state index >= 15 is 0 Å². The third kappa shape index (κ3) is 3.61. The lowest BCUT2D eigenvalue weighted by atomic mass is 10.1. The molecule has 0 amide bonds. The summed E-state index contributed by atoms with van der Waals surface area (Å²) in [5.41, 5.74) is 0.717. The van der Waals surface area contributed by atoms with Crippen molar-refractivity contribution < 1.29 is 13.5 Å². The highest BCUT2D eigenvalue weighted by Crippen LogP contribution is 2.17. The highest BCUT2D eigenvalue weighted by atomic mass is 32.2. The monoisotopic (exact) mass is 246 g/mol. The van der Waals surface area contributed by atoms with Gasteiger partial charge in [0.15, 0.2) is 0 Å². The van der Waals surface area contributed by atoms with E-state index in [0.29, 0.717) is 18.5 Å². The van der Waals surface area contributed by atoms with Crippen LogP contribution in [-0.2, 0) is 16.9 Å². The number of hydrogen-bond acceptors (Lipinski definition) is 4. The van der Waals surface area contributed by atoms with Crippen molar-refractivity contribution in [3.05, 3.63) is 18.0 Å². The van der Waals surface area contributed by atoms with Gasteiger partial charge in [0.05, 0.1) is 17.6 Å². The smallest absolute Gasteiger partial charge is 0.150 e. The Bertz CT molecular complexity index is 425. The molecule has 0 fully saturated rings. The third-order valence-corrected chi connectivity index (χ3v) is 4.36. The molecule has 0 saturated carbocycles. The number of aryl methyl sites for hydroxylation is 1. The molecule has 0 aliphatic carbocycles. The van der Waals surface area contributed by atoms with Gasteiger partial charge < -0.3 is 5.11 Å². The Kier molecular flexibility index (Phi) is 4.49. The minimum Gasteiger partial charge on any atom is -0.387 e. The summed E-state index contributed by atoms with van der Waals surface area (Å²) < 4.78 is 24.1. The Labute approximate surface area is 96.0 Å². The molecule has 1 unspecified atom stereocenters. The quantitative estimate of drug-likeness (QED) is 0.800. The summed E-state index contributed by atoms with van der Waals surface area (Å²) in [4.78, 5) is 0. The summed E-state index contributed by atoms with van der Waals surface area (Å²) in [7, 11) is -1.18. The lowest BCUT2D eigenvalue weighted by molar-refractivity contribution is 0.157. The van der Waals surface area contributed by atoms with Crippen LogP contribution in [0.15, 0.2) is 12.3 Å². The fraction of sp³-hybridized carbons (Fsp3) is 0.700. The van der Waals surface area contributed by atoms with Crippen LogP contribution in [0.3, 0.4) is 0 Å². The van der Waals surface area contributed by atoms with Crippen molar-refractivity contribution in [1.82, 2.24) is 9.78 Å². The van der Waals surface area contributed by atoms with Crippen molar-refractivity contribution >= 4 is 9.84 Å². The van der Waals surface area contributed by atoms with E-state index in [-0.39, 0.29) is 11.5 Å². The van der Waals surface area contributed by atoms with E-state index in [1.165, 1.54) is 0 Å². The van der Waals surface area contributed by atoms with Gasteiger partial charge in [-0.3, -0.25) is 4.68 Å². The largest absolute Gasteiger partial charge is 0.387 e. The Balaban J connectivity index is 2.43. The second kappa shape index (κ2) is 5.45. The molecular weight excluding hydrogens is 228 g/mol. The van der Waals surface area contributed by atoms with Gasteiger partial charge in [0.25, 0.3) is 0 Å². The molecule has 1 aromatic rings. The maximum atomic E-state index is 11.2. The maximum absolute atomic E-state index is 11.2. The minimum atomic E-state index is -2.93. The molecule has 16 heavy (non-hydrogen) atoms. The van der Waals surface area contributed by atoms with E-state index < -0.39 is 15.9 Å². The van der Waals surface area contributed by atoms with Gasteiger partial charge >= 0.3 is 0 Å². The summed E-state index contributed by atoms with van der Waals surface area (Å²) in [6, 6.07) is 1.74. The van der Waals surface area contributed by atoms with Crippen LogP contribution in [0.2, 0.25) is 0 Å². The Hall–Kier alpha value is -0.880. The van der Waals surface area contributed by atoms with Crippen molar-refractivity contribution in [2.24, 2.45) is 7.05 Å². The van der Waals surface area contributed by atoms with E-state index in [4.69, 9.17) is 0 Å². The fourth-order valence-corrected chi connectivity index (χ4v) is 2.39. The van der Waals surface area contributed by atoms with Gasteiger partial charge in [-0.05, 0) is 18.9 Å². The number of hydrogen-bond donors (Lipinski definition) is 1. The third-order valence-electron chi connectivity index (χ3n) is 2.57. The van der Waals surface area contributed by atoms with Crippen LogP contribution in [0.25, 0.3) is 0 Å². The molecule has 0 radical (unpaired) electrons. The van der Waals surface area contributed by atoms with Gasteiger partial charge in [-0.1, -0.05) is 6.92 Å². The maximum Gasteiger partial charge on any atom is 0.150 e. The molecular formula is C10H18N2O3S. The predicted molar refractivity (Wildman–Crippen MR) is 61.7 cm³/mol. The predicted octanol–water partition coefficient (Wildman–Crippen LogP) is 0.668. The number of aliphatic hydroxyl groups excluding tert-OH is 1. The van der Waals surface area contributed by atoms with Gasteiger partial charge in [-0.15, -0.1) is 0 Å². The minimum absolute atomic E-state index is 0.137. The van der Waals surface area contributed by atoms with E-state index in [9.17, 15) is 13.5 Å². The van der Waals surface area contributed by atoms with E-state index in [1.807, 2.05) is 0 Å². The number of nitrogens with zero attached hydrogens (tertiary/aromatic N) is 2. The summed E-state index contributed by atoms with van der Waals surface area (Å²) in [6.07, 6.45) is 1.89. The zero-order valence-electron chi connectivity index (χ0n) is 9.63. The van der Waals surface area contributed by atoms with Crippen LogP contribution >= 0.6 is 0 Å². The average molecular weight is 246 g/mol. The standard InChI is InChI=1S/C10H18N2O3S/c1-3-16(14,15)8-4-5-10(13)9-6-7-11-12(9)2/h6-7,10,13H,3-5,8H2,1-2H3. The van der Waals surface area contributed by atoms with Crippen LogP contribution < -0.4 is 0 Å². The second-order valence-electron chi connectivity index (χ2n) is 3.77. The zero-order chi connectivity index (χ0) is 12.2. The van der Waals surface area contributed by atoms with Crippen molar-refractivity contribution in [2.45, 2.75) is 25.9 Å². The first-order valence-corrected chi connectivity index (χ1v) is 7.15. The van der Waals surface area contributed by atoms with Gasteiger partial charge in [0.1, 0.15) is 9.84 Å². The summed E-state index contributed by atoms with van der Waals surface area (Å²) >= 11 is 0. The van der Waals surface area contributed by atoms with Gasteiger partial charge in [-0.2, -0.15) is 5.10 Å². The normalized spacial score (nSPS) is 13.9. The Morgan fingerprint density at radius 1 is 1.56 bits per heavy atom. The molecule has 0 spiro atoms. The van der Waals surface area contributed by atoms with E-state index in [0.717, 1.165) is 0 Å². The molecule has 1 N–H and O–H groups in total. The highest BCUT2D eigenvalue weighted by Gasteiger charge is 2.13. The summed E-state index contributed by atoms with van der Waals surface area (Å²) in [5, 5.41) is 13.8. The Morgan fingerprint density at radius 3 is 2.75 bits per heavy atom. The summed E-state index contributed by atoms with van der Waals surface area (Å²) in [5.74, 6) is 0.299. The molecule has 0 aromatic carbocycles. The van der Waals surface area contributed by atoms with Gasteiger partial charge in [-0.25, -0.2) is 8.42 Å². The first kappa shape index (κ1) is 13.2. The lowest BCUT2D eigenvalue weighted by Gasteiger charge is -2.10. The number of rotatable bonds is 6. The number of sulfone groups is 1. The highest BCUT2D eigenvalue weighted by molar-refractivity contribution is 7.91. The van der Waals surface area contributed by atoms with Crippen molar-refractivity contribution in [1.29, 1.82) is 0 Å². The van der Waals surface area contributed by atoms with Crippen molar-refractivity contribution in [2.75, 3.05) is 11.5 Å². The van der Waals surface area contributed by atoms with Gasteiger partial charge in [0, 0.05) is 19.0 Å². The van der Waals surface area contributed by atoms with Crippen molar-refractivity contribution in [3.63, 3.8) is 0 Å². The second-order valence-corrected chi connectivity index (χ2v) is 6.25. The number of aliphatic hydroxyl groups is 1. The molecule has 1 rings (SSSR count). The average Bonchev–Trinajstić information content (AvgIpc) is 2.64. The molecule has 5 nitrogen and oxygen atoms in total. The first-order chi connectivity index (χ1) is 7.46. The van der Waals surface area contributed by atoms with E-state index in [2.05, 4.69) is 5.10 Å². The molecule has 6 heteroatoms. The SMILES string of the molecule is CCS(=O)(=O)CCCC(O)c1ccnn1C. The Morgan fingerprint density at radius 2 is 2.25 bits per heavy atom. The molecule has 92 valence electrons. The number of aromatic nitrogens is 2. The first-order valence-electron chi connectivity index (χ1n) is 5.32. The van der Waals surface area contributed by atoms with Crippen LogP contribution in [0.1, 0.15) is 31.6 Å². The molecule has 1 atom stereocenters. The van der Waals surface area contributed by atoms with Gasteiger partial charge in [0.2, 0.25) is 0 Å². The fourth-order valence-electron chi connectivity index (χ4n) is 1.50. The summed E-state index contributed by atoms with van der Waals surface area (Å²) in [6.45, 7) is 1.63. The molecule has 0 aliphatic rings. The van der Waals surface area contributed by atoms with Crippen molar-refractivity contribution in [3.8, 4) is 0 Å². The topological polar surface area (TPSA) is 72.2 Å². The van der Waals surface area contributed by atoms with Crippen LogP contribution in [-0.4, -0.2) is 34.8 Å². The molecule has 0 aliphatic heterocycles. The van der Waals surface area contributed by atoms with Crippen LogP contribution in [0.4, 0.5) is 0 Å². The molecule has 0 bridgehead atoms. The van der Waals surface area contributed by atoms with Crippen LogP contribution in [0, 0.1) is 0 Å². The molecule has 1 heterocycles. The van der Waals surface area contributed by atoms with E-state index in [1.54, 1.807) is 30.9 Å². The zero-order valence-corrected chi connectivity index (χ0v) is 10.4. The van der Waals surface area contributed by atoms with Crippen LogP contribution in [0.5, 0.6) is 0 Å².